The average Bonchev–Trinajstić information content (AvgIpc) is 3.64. The van der Waals surface area contributed by atoms with Gasteiger partial charge in [-0.1, -0.05) is 6.08 Å². The zero-order valence-corrected chi connectivity index (χ0v) is 19.0. The van der Waals surface area contributed by atoms with Gasteiger partial charge in [0.2, 0.25) is 5.95 Å². The summed E-state index contributed by atoms with van der Waals surface area (Å²) in [5.41, 5.74) is 3.67. The zero-order valence-electron chi connectivity index (χ0n) is 18.2. The van der Waals surface area contributed by atoms with Gasteiger partial charge in [0.25, 0.3) is 0 Å². The Morgan fingerprint density at radius 2 is 2.09 bits per heavy atom. The summed E-state index contributed by atoms with van der Waals surface area (Å²) in [5.74, 6) is 1.36. The largest absolute Gasteiger partial charge is 0.378 e. The lowest BCUT2D eigenvalue weighted by Crippen LogP contribution is -2.37. The van der Waals surface area contributed by atoms with Gasteiger partial charge in [-0.05, 0) is 5.57 Å². The van der Waals surface area contributed by atoms with E-state index in [2.05, 4.69) is 36.7 Å². The standard InChI is InChI=1S/C21H24N10OS/c1-29-12-15(9-26-29)31-13-25-18-19(27-21(28-20(18)31)30-4-6-32-7-5-30)24-11-17-23-10-16(33-17)14-2-3-22-8-14/h2,9-10,12-13,22H,3-8,11H2,1H3,(H,24,27,28). The summed E-state index contributed by atoms with van der Waals surface area (Å²) in [7, 11) is 1.89. The van der Waals surface area contributed by atoms with E-state index >= 15 is 0 Å². The highest BCUT2D eigenvalue weighted by Crippen LogP contribution is 2.27. The number of thiazole rings is 1. The van der Waals surface area contributed by atoms with Crippen molar-refractivity contribution in [3.8, 4) is 5.69 Å². The highest BCUT2D eigenvalue weighted by atomic mass is 32.1. The normalized spacial score (nSPS) is 16.5. The van der Waals surface area contributed by atoms with Crippen molar-refractivity contribution >= 4 is 39.8 Å². The minimum absolute atomic E-state index is 0.569. The number of nitrogens with zero attached hydrogens (tertiary/aromatic N) is 8. The van der Waals surface area contributed by atoms with E-state index in [4.69, 9.17) is 14.7 Å². The SMILES string of the molecule is Cn1cc(-n2cnc3c(NCc4ncc(C5=CCNC5)s4)nc(N4CCOCC4)nc32)cn1. The highest BCUT2D eigenvalue weighted by molar-refractivity contribution is 7.12. The number of hydrogen-bond acceptors (Lipinski definition) is 10. The molecule has 0 unspecified atom stereocenters. The summed E-state index contributed by atoms with van der Waals surface area (Å²) in [5, 5.41) is 12.1. The van der Waals surface area contributed by atoms with Crippen LogP contribution in [0, 0.1) is 0 Å². The van der Waals surface area contributed by atoms with E-state index in [0.717, 1.165) is 48.0 Å². The maximum atomic E-state index is 5.51. The molecule has 0 aliphatic carbocycles. The number of imidazole rings is 1. The van der Waals surface area contributed by atoms with Gasteiger partial charge < -0.3 is 20.3 Å². The van der Waals surface area contributed by atoms with Crippen LogP contribution in [0.15, 0.2) is 31.0 Å². The van der Waals surface area contributed by atoms with Crippen LogP contribution < -0.4 is 15.5 Å². The molecule has 2 aliphatic rings. The Morgan fingerprint density at radius 3 is 2.88 bits per heavy atom. The molecule has 6 rings (SSSR count). The average molecular weight is 465 g/mol. The van der Waals surface area contributed by atoms with E-state index in [1.165, 1.54) is 10.5 Å². The Bertz CT molecular complexity index is 1320. The molecule has 4 aromatic heterocycles. The number of aryl methyl sites for hydroxylation is 1. The Balaban J connectivity index is 1.34. The zero-order chi connectivity index (χ0) is 22.2. The molecule has 0 radical (unpaired) electrons. The van der Waals surface area contributed by atoms with E-state index in [9.17, 15) is 0 Å². The molecule has 0 aromatic carbocycles. The number of hydrogen-bond donors (Lipinski definition) is 2. The van der Waals surface area contributed by atoms with Gasteiger partial charge >= 0.3 is 0 Å². The lowest BCUT2D eigenvalue weighted by molar-refractivity contribution is 0.122. The second-order valence-electron chi connectivity index (χ2n) is 7.96. The monoisotopic (exact) mass is 464 g/mol. The Morgan fingerprint density at radius 1 is 1.18 bits per heavy atom. The lowest BCUT2D eigenvalue weighted by atomic mass is 10.2. The van der Waals surface area contributed by atoms with Crippen molar-refractivity contribution in [1.29, 1.82) is 0 Å². The number of anilines is 2. The summed E-state index contributed by atoms with van der Waals surface area (Å²) >= 11 is 1.70. The van der Waals surface area contributed by atoms with Gasteiger partial charge in [-0.2, -0.15) is 15.1 Å². The number of nitrogens with one attached hydrogen (secondary N) is 2. The summed E-state index contributed by atoms with van der Waals surface area (Å²) in [6, 6.07) is 0. The fourth-order valence-corrected chi connectivity index (χ4v) is 4.90. The minimum Gasteiger partial charge on any atom is -0.378 e. The fourth-order valence-electron chi connectivity index (χ4n) is 4.00. The second kappa shape index (κ2) is 8.54. The van der Waals surface area contributed by atoms with E-state index < -0.39 is 0 Å². The van der Waals surface area contributed by atoms with E-state index in [1.807, 2.05) is 24.0 Å². The molecule has 0 saturated carbocycles. The Labute approximate surface area is 194 Å². The van der Waals surface area contributed by atoms with Crippen LogP contribution in [0.25, 0.3) is 22.4 Å². The van der Waals surface area contributed by atoms with Gasteiger partial charge in [0.15, 0.2) is 17.0 Å². The van der Waals surface area contributed by atoms with Crippen LogP contribution in [-0.2, 0) is 18.3 Å². The molecule has 2 aliphatic heterocycles. The number of fused-ring (bicyclic) bond motifs is 1. The molecule has 170 valence electrons. The predicted molar refractivity (Wildman–Crippen MR) is 127 cm³/mol. The molecule has 6 heterocycles. The highest BCUT2D eigenvalue weighted by Gasteiger charge is 2.20. The van der Waals surface area contributed by atoms with Crippen molar-refractivity contribution in [3.63, 3.8) is 0 Å². The van der Waals surface area contributed by atoms with Crippen LogP contribution in [0.5, 0.6) is 0 Å². The van der Waals surface area contributed by atoms with E-state index in [1.54, 1.807) is 28.5 Å². The Kier molecular flexibility index (Phi) is 5.24. The van der Waals surface area contributed by atoms with Crippen molar-refractivity contribution < 1.29 is 4.74 Å². The third-order valence-corrected chi connectivity index (χ3v) is 6.81. The summed E-state index contributed by atoms with van der Waals surface area (Å²) < 4.78 is 9.22. The second-order valence-corrected chi connectivity index (χ2v) is 9.08. The van der Waals surface area contributed by atoms with Gasteiger partial charge in [-0.15, -0.1) is 11.3 Å². The van der Waals surface area contributed by atoms with E-state index in [0.29, 0.717) is 31.5 Å². The molecular formula is C21H24N10OS. The molecular weight excluding hydrogens is 440 g/mol. The first kappa shape index (κ1) is 20.3. The summed E-state index contributed by atoms with van der Waals surface area (Å²) in [6.45, 7) is 5.23. The van der Waals surface area contributed by atoms with Crippen molar-refractivity contribution in [2.24, 2.45) is 7.05 Å². The van der Waals surface area contributed by atoms with E-state index in [-0.39, 0.29) is 0 Å². The minimum atomic E-state index is 0.569. The molecule has 12 heteroatoms. The van der Waals surface area contributed by atoms with Crippen LogP contribution in [0.3, 0.4) is 0 Å². The van der Waals surface area contributed by atoms with Crippen LogP contribution >= 0.6 is 11.3 Å². The van der Waals surface area contributed by atoms with Gasteiger partial charge in [0.1, 0.15) is 11.3 Å². The Hall–Kier alpha value is -3.35. The fraction of sp³-hybridized carbons (Fsp3) is 0.381. The third-order valence-electron chi connectivity index (χ3n) is 5.73. The molecule has 4 aromatic rings. The number of aromatic nitrogens is 7. The first-order valence-electron chi connectivity index (χ1n) is 10.9. The van der Waals surface area contributed by atoms with Crippen molar-refractivity contribution in [3.05, 3.63) is 40.9 Å². The molecule has 0 atom stereocenters. The number of ether oxygens (including phenoxy) is 1. The van der Waals surface area contributed by atoms with Crippen molar-refractivity contribution in [2.45, 2.75) is 6.54 Å². The lowest BCUT2D eigenvalue weighted by Gasteiger charge is -2.27. The third kappa shape index (κ3) is 3.96. The van der Waals surface area contributed by atoms with Gasteiger partial charge in [0.05, 0.1) is 36.5 Å². The molecule has 0 bridgehead atoms. The molecule has 0 amide bonds. The molecule has 2 N–H and O–H groups in total. The van der Waals surface area contributed by atoms with Gasteiger partial charge in [-0.3, -0.25) is 9.25 Å². The molecule has 33 heavy (non-hydrogen) atoms. The maximum Gasteiger partial charge on any atom is 0.229 e. The summed E-state index contributed by atoms with van der Waals surface area (Å²) in [4.78, 5) is 22.3. The quantitative estimate of drug-likeness (QED) is 0.438. The molecule has 0 spiro atoms. The molecule has 1 saturated heterocycles. The van der Waals surface area contributed by atoms with Crippen LogP contribution in [-0.4, -0.2) is 73.7 Å². The maximum absolute atomic E-state index is 5.51. The van der Waals surface area contributed by atoms with Gasteiger partial charge in [-0.25, -0.2) is 9.97 Å². The topological polar surface area (TPSA) is 111 Å². The first-order valence-corrected chi connectivity index (χ1v) is 11.7. The van der Waals surface area contributed by atoms with Crippen molar-refractivity contribution in [2.75, 3.05) is 49.6 Å². The van der Waals surface area contributed by atoms with Crippen molar-refractivity contribution in [1.82, 2.24) is 39.6 Å². The molecule has 1 fully saturated rings. The van der Waals surface area contributed by atoms with Crippen LogP contribution in [0.1, 0.15) is 9.88 Å². The molecule has 11 nitrogen and oxygen atoms in total. The van der Waals surface area contributed by atoms with Gasteiger partial charge in [0, 0.05) is 45.6 Å². The smallest absolute Gasteiger partial charge is 0.229 e. The predicted octanol–water partition coefficient (Wildman–Crippen LogP) is 1.44. The van der Waals surface area contributed by atoms with Crippen LogP contribution in [0.2, 0.25) is 0 Å². The number of morpholine rings is 1. The summed E-state index contributed by atoms with van der Waals surface area (Å²) in [6.07, 6.45) is 9.68. The first-order chi connectivity index (χ1) is 16.2. The van der Waals surface area contributed by atoms with Crippen LogP contribution in [0.4, 0.5) is 11.8 Å². The number of rotatable bonds is 6.